The first-order chi connectivity index (χ1) is 8.72. The van der Waals surface area contributed by atoms with E-state index in [0.717, 1.165) is 29.4 Å². The zero-order valence-electron chi connectivity index (χ0n) is 10.2. The van der Waals surface area contributed by atoms with Crippen molar-refractivity contribution >= 4 is 17.1 Å². The molecule has 0 spiro atoms. The van der Waals surface area contributed by atoms with Crippen LogP contribution in [-0.4, -0.2) is 10.8 Å². The van der Waals surface area contributed by atoms with E-state index in [9.17, 15) is 4.79 Å². The Hall–Kier alpha value is -1.52. The number of carbonyl (C=O) groups excluding carboxylic acids is 1. The lowest BCUT2D eigenvalue weighted by atomic mass is 10.0. The van der Waals surface area contributed by atoms with Gasteiger partial charge in [0.05, 0.1) is 17.1 Å². The Kier molecular flexibility index (Phi) is 2.97. The van der Waals surface area contributed by atoms with E-state index < -0.39 is 0 Å². The molecule has 3 nitrogen and oxygen atoms in total. The molecule has 3 rings (SSSR count). The molecule has 1 aliphatic rings. The number of carbonyl (C=O) groups is 1. The maximum atomic E-state index is 12.2. The van der Waals surface area contributed by atoms with Crippen LogP contribution in [0.2, 0.25) is 0 Å². The number of rotatable bonds is 3. The number of benzene rings is 1. The molecule has 1 aromatic heterocycles. The van der Waals surface area contributed by atoms with Crippen LogP contribution in [0.1, 0.15) is 32.2 Å². The van der Waals surface area contributed by atoms with E-state index in [0.29, 0.717) is 6.42 Å². The first-order valence-corrected chi connectivity index (χ1v) is 6.87. The lowest BCUT2D eigenvalue weighted by Gasteiger charge is -2.02. The quantitative estimate of drug-likeness (QED) is 0.860. The van der Waals surface area contributed by atoms with Crippen LogP contribution in [0.3, 0.4) is 0 Å². The maximum Gasteiger partial charge on any atom is 0.168 e. The molecule has 0 unspecified atom stereocenters. The summed E-state index contributed by atoms with van der Waals surface area (Å²) in [5.41, 5.74) is 4.22. The number of ketones is 1. The van der Waals surface area contributed by atoms with Gasteiger partial charge in [-0.05, 0) is 24.1 Å². The van der Waals surface area contributed by atoms with Crippen molar-refractivity contribution in [2.75, 3.05) is 0 Å². The Balaban J connectivity index is 1.80. The highest BCUT2D eigenvalue weighted by molar-refractivity contribution is 7.09. The first-order valence-electron chi connectivity index (χ1n) is 5.99. The monoisotopic (exact) mass is 258 g/mol. The van der Waals surface area contributed by atoms with Gasteiger partial charge >= 0.3 is 0 Å². The molecule has 0 atom stereocenters. The largest absolute Gasteiger partial charge is 0.309 e. The van der Waals surface area contributed by atoms with Gasteiger partial charge in [0.25, 0.3) is 0 Å². The molecule has 2 aromatic rings. The molecule has 0 bridgehead atoms. The van der Waals surface area contributed by atoms with E-state index in [4.69, 9.17) is 0 Å². The molecule has 0 fully saturated rings. The third-order valence-corrected chi connectivity index (χ3v) is 3.99. The van der Waals surface area contributed by atoms with Crippen LogP contribution >= 0.6 is 11.3 Å². The van der Waals surface area contributed by atoms with E-state index in [1.165, 1.54) is 11.1 Å². The van der Waals surface area contributed by atoms with Gasteiger partial charge in [0, 0.05) is 24.0 Å². The van der Waals surface area contributed by atoms with Crippen molar-refractivity contribution in [3.05, 3.63) is 51.0 Å². The van der Waals surface area contributed by atoms with Crippen molar-refractivity contribution < 1.29 is 4.79 Å². The molecule has 1 aromatic carbocycles. The van der Waals surface area contributed by atoms with Crippen LogP contribution in [0.25, 0.3) is 0 Å². The number of fused-ring (bicyclic) bond motifs is 1. The van der Waals surface area contributed by atoms with Crippen LogP contribution in [0.15, 0.2) is 23.6 Å². The summed E-state index contributed by atoms with van der Waals surface area (Å²) < 4.78 is 0. The van der Waals surface area contributed by atoms with Crippen LogP contribution < -0.4 is 5.32 Å². The Bertz CT molecular complexity index is 604. The molecule has 0 saturated heterocycles. The van der Waals surface area contributed by atoms with Crippen LogP contribution in [0.5, 0.6) is 0 Å². The summed E-state index contributed by atoms with van der Waals surface area (Å²) in [5.74, 6) is 0.148. The van der Waals surface area contributed by atoms with E-state index in [-0.39, 0.29) is 5.78 Å². The van der Waals surface area contributed by atoms with Crippen molar-refractivity contribution in [1.29, 1.82) is 0 Å². The summed E-state index contributed by atoms with van der Waals surface area (Å²) >= 11 is 1.59. The second kappa shape index (κ2) is 4.63. The van der Waals surface area contributed by atoms with E-state index >= 15 is 0 Å². The fourth-order valence-corrected chi connectivity index (χ4v) is 2.84. The van der Waals surface area contributed by atoms with Crippen LogP contribution in [0.4, 0.5) is 0 Å². The van der Waals surface area contributed by atoms with E-state index in [1.807, 2.05) is 24.4 Å². The van der Waals surface area contributed by atoms with Gasteiger partial charge < -0.3 is 5.32 Å². The predicted molar refractivity (Wildman–Crippen MR) is 71.9 cm³/mol. The summed E-state index contributed by atoms with van der Waals surface area (Å²) in [5, 5.41) is 6.26. The summed E-state index contributed by atoms with van der Waals surface area (Å²) in [4.78, 5) is 16.5. The first kappa shape index (κ1) is 11.6. The lowest BCUT2D eigenvalue weighted by Crippen LogP contribution is -2.04. The summed E-state index contributed by atoms with van der Waals surface area (Å²) in [6.45, 7) is 3.74. The predicted octanol–water partition coefficient (Wildman–Crippen LogP) is 2.48. The number of hydrogen-bond donors (Lipinski definition) is 1. The average molecular weight is 258 g/mol. The average Bonchev–Trinajstić information content (AvgIpc) is 2.96. The zero-order valence-corrected chi connectivity index (χ0v) is 11.0. The molecular weight excluding hydrogens is 244 g/mol. The SMILES string of the molecule is Cc1nc(CC(=O)c2ccc3c(c2)CNC3)cs1. The maximum absolute atomic E-state index is 12.2. The van der Waals surface area contributed by atoms with Gasteiger partial charge in [0.15, 0.2) is 5.78 Å². The lowest BCUT2D eigenvalue weighted by molar-refractivity contribution is 0.0992. The van der Waals surface area contributed by atoms with Gasteiger partial charge in [-0.3, -0.25) is 4.79 Å². The van der Waals surface area contributed by atoms with Gasteiger partial charge in [0.2, 0.25) is 0 Å². The number of nitrogens with zero attached hydrogens (tertiary/aromatic N) is 1. The number of hydrogen-bond acceptors (Lipinski definition) is 4. The minimum atomic E-state index is 0.148. The number of Topliss-reactive ketones (excluding diaryl/α,β-unsaturated/α-hetero) is 1. The Morgan fingerprint density at radius 3 is 3.00 bits per heavy atom. The Labute approximate surface area is 110 Å². The Morgan fingerprint density at radius 2 is 2.22 bits per heavy atom. The van der Waals surface area contributed by atoms with Gasteiger partial charge in [-0.1, -0.05) is 12.1 Å². The van der Waals surface area contributed by atoms with Gasteiger partial charge in [0.1, 0.15) is 0 Å². The fraction of sp³-hybridized carbons (Fsp3) is 0.286. The second-order valence-electron chi connectivity index (χ2n) is 4.54. The van der Waals surface area contributed by atoms with Crippen molar-refractivity contribution in [2.24, 2.45) is 0 Å². The number of nitrogens with one attached hydrogen (secondary N) is 1. The van der Waals surface area contributed by atoms with Crippen molar-refractivity contribution in [2.45, 2.75) is 26.4 Å². The van der Waals surface area contributed by atoms with Gasteiger partial charge in [-0.2, -0.15) is 0 Å². The molecule has 1 N–H and O–H groups in total. The Morgan fingerprint density at radius 1 is 1.39 bits per heavy atom. The third kappa shape index (κ3) is 2.21. The second-order valence-corrected chi connectivity index (χ2v) is 5.61. The minimum absolute atomic E-state index is 0.148. The third-order valence-electron chi connectivity index (χ3n) is 3.17. The van der Waals surface area contributed by atoms with Crippen molar-refractivity contribution in [3.8, 4) is 0 Å². The standard InChI is InChI=1S/C14H14N2OS/c1-9-16-13(8-18-9)5-14(17)10-2-3-11-6-15-7-12(11)4-10/h2-4,8,15H,5-7H2,1H3. The molecule has 2 heterocycles. The van der Waals surface area contributed by atoms with E-state index in [2.05, 4.69) is 16.4 Å². The van der Waals surface area contributed by atoms with E-state index in [1.54, 1.807) is 11.3 Å². The van der Waals surface area contributed by atoms with Crippen LogP contribution in [0, 0.1) is 6.92 Å². The molecule has 4 heteroatoms. The van der Waals surface area contributed by atoms with Crippen molar-refractivity contribution in [1.82, 2.24) is 10.3 Å². The van der Waals surface area contributed by atoms with Gasteiger partial charge in [-0.25, -0.2) is 4.98 Å². The van der Waals surface area contributed by atoms with Crippen molar-refractivity contribution in [3.63, 3.8) is 0 Å². The topological polar surface area (TPSA) is 42.0 Å². The molecule has 1 aliphatic heterocycles. The highest BCUT2D eigenvalue weighted by Crippen LogP contribution is 2.18. The summed E-state index contributed by atoms with van der Waals surface area (Å²) in [7, 11) is 0. The molecule has 0 aliphatic carbocycles. The molecule has 92 valence electrons. The minimum Gasteiger partial charge on any atom is -0.309 e. The molecule has 0 saturated carbocycles. The number of thiazole rings is 1. The molecule has 0 amide bonds. The highest BCUT2D eigenvalue weighted by Gasteiger charge is 2.14. The van der Waals surface area contributed by atoms with Crippen LogP contribution in [-0.2, 0) is 19.5 Å². The highest BCUT2D eigenvalue weighted by atomic mass is 32.1. The summed E-state index contributed by atoms with van der Waals surface area (Å²) in [6, 6.07) is 5.99. The zero-order chi connectivity index (χ0) is 12.5. The molecule has 18 heavy (non-hydrogen) atoms. The molecular formula is C14H14N2OS. The summed E-state index contributed by atoms with van der Waals surface area (Å²) in [6.07, 6.45) is 0.399. The smallest absolute Gasteiger partial charge is 0.168 e. The van der Waals surface area contributed by atoms with Gasteiger partial charge in [-0.15, -0.1) is 11.3 Å². The number of aryl methyl sites for hydroxylation is 1. The normalized spacial score (nSPS) is 13.6. The number of aromatic nitrogens is 1. The fourth-order valence-electron chi connectivity index (χ4n) is 2.22. The molecule has 0 radical (unpaired) electrons.